The Kier molecular flexibility index (Phi) is 4.23. The molecule has 6 nitrogen and oxygen atoms in total. The van der Waals surface area contributed by atoms with Crippen molar-refractivity contribution in [3.05, 3.63) is 33.5 Å². The summed E-state index contributed by atoms with van der Waals surface area (Å²) in [4.78, 5) is 26.6. The summed E-state index contributed by atoms with van der Waals surface area (Å²) >= 11 is 6.42. The number of hydrogen-bond donors (Lipinski definition) is 0. The van der Waals surface area contributed by atoms with E-state index in [-0.39, 0.29) is 40.0 Å². The number of ether oxygens (including phenoxy) is 1. The van der Waals surface area contributed by atoms with Gasteiger partial charge < -0.3 is 4.74 Å². The van der Waals surface area contributed by atoms with Gasteiger partial charge in [0.05, 0.1) is 17.8 Å². The molecule has 0 unspecified atom stereocenters. The van der Waals surface area contributed by atoms with Crippen LogP contribution in [-0.4, -0.2) is 27.9 Å². The van der Waals surface area contributed by atoms with E-state index in [0.717, 1.165) is 12.8 Å². The van der Waals surface area contributed by atoms with Crippen LogP contribution >= 0.6 is 11.6 Å². The summed E-state index contributed by atoms with van der Waals surface area (Å²) < 4.78 is 23.6. The molecule has 2 aliphatic rings. The minimum atomic E-state index is -0.771. The number of aromatic nitrogens is 2. The van der Waals surface area contributed by atoms with E-state index >= 15 is 0 Å². The number of nitrogens with zero attached hydrogens (tertiary/aromatic N) is 3. The minimum absolute atomic E-state index is 0.0174. The predicted molar refractivity (Wildman–Crippen MR) is 99.6 cm³/mol. The Morgan fingerprint density at radius 3 is 2.67 bits per heavy atom. The molecule has 8 heteroatoms. The molecule has 1 atom stereocenters. The number of benzene rings is 1. The van der Waals surface area contributed by atoms with E-state index in [0.29, 0.717) is 18.8 Å². The molecule has 0 N–H and O–H groups in total. The predicted octanol–water partition coefficient (Wildman–Crippen LogP) is 2.65. The zero-order valence-electron chi connectivity index (χ0n) is 14.7. The van der Waals surface area contributed by atoms with Crippen LogP contribution in [-0.2, 0) is 17.9 Å². The second-order valence-electron chi connectivity index (χ2n) is 6.61. The summed E-state index contributed by atoms with van der Waals surface area (Å²) in [6, 6.07) is 2.59. The van der Waals surface area contributed by atoms with Crippen molar-refractivity contribution in [2.24, 2.45) is 0 Å². The molecule has 0 saturated carbocycles. The highest BCUT2D eigenvalue weighted by atomic mass is 35.5. The summed E-state index contributed by atoms with van der Waals surface area (Å²) in [6.07, 6.45) is 6.37. The summed E-state index contributed by atoms with van der Waals surface area (Å²) in [5, 5.41) is 0.193. The highest BCUT2D eigenvalue weighted by Gasteiger charge is 2.33. The molecule has 27 heavy (non-hydrogen) atoms. The largest absolute Gasteiger partial charge is 0.479 e. The Labute approximate surface area is 160 Å². The fourth-order valence-corrected chi connectivity index (χ4v) is 3.98. The Morgan fingerprint density at radius 2 is 2.00 bits per heavy atom. The van der Waals surface area contributed by atoms with Crippen molar-refractivity contribution in [1.82, 2.24) is 9.36 Å². The van der Waals surface area contributed by atoms with Gasteiger partial charge in [-0.15, -0.1) is 6.42 Å². The van der Waals surface area contributed by atoms with Gasteiger partial charge in [0.2, 0.25) is 0 Å². The van der Waals surface area contributed by atoms with Crippen LogP contribution in [0.3, 0.4) is 0 Å². The second kappa shape index (κ2) is 6.46. The first-order valence-corrected chi connectivity index (χ1v) is 9.06. The number of fused-ring (bicyclic) bond motifs is 2. The van der Waals surface area contributed by atoms with Gasteiger partial charge in [-0.1, -0.05) is 17.5 Å². The lowest BCUT2D eigenvalue weighted by Gasteiger charge is -2.32. The summed E-state index contributed by atoms with van der Waals surface area (Å²) in [7, 11) is 0. The first-order valence-electron chi connectivity index (χ1n) is 8.68. The van der Waals surface area contributed by atoms with Crippen LogP contribution < -0.4 is 15.2 Å². The maximum absolute atomic E-state index is 14.9. The van der Waals surface area contributed by atoms with Crippen LogP contribution in [0.1, 0.15) is 19.8 Å². The third kappa shape index (κ3) is 2.63. The van der Waals surface area contributed by atoms with Crippen molar-refractivity contribution in [2.75, 3.05) is 11.4 Å². The smallest absolute Gasteiger partial charge is 0.276 e. The van der Waals surface area contributed by atoms with Gasteiger partial charge in [-0.3, -0.25) is 19.2 Å². The molecule has 2 aliphatic heterocycles. The van der Waals surface area contributed by atoms with Crippen LogP contribution in [0, 0.1) is 18.2 Å². The van der Waals surface area contributed by atoms with Crippen molar-refractivity contribution in [3.8, 4) is 29.2 Å². The lowest BCUT2D eigenvalue weighted by molar-refractivity contribution is -0.125. The van der Waals surface area contributed by atoms with Crippen molar-refractivity contribution < 1.29 is 13.9 Å². The Morgan fingerprint density at radius 1 is 1.30 bits per heavy atom. The van der Waals surface area contributed by atoms with Crippen molar-refractivity contribution >= 4 is 23.2 Å². The first kappa shape index (κ1) is 17.7. The van der Waals surface area contributed by atoms with Crippen LogP contribution in [0.2, 0.25) is 5.15 Å². The number of anilines is 1. The fourth-order valence-electron chi connectivity index (χ4n) is 3.63. The monoisotopic (exact) mass is 389 g/mol. The minimum Gasteiger partial charge on any atom is -0.479 e. The van der Waals surface area contributed by atoms with Crippen molar-refractivity contribution in [1.29, 1.82) is 0 Å². The third-order valence-electron chi connectivity index (χ3n) is 4.94. The first-order chi connectivity index (χ1) is 12.9. The van der Waals surface area contributed by atoms with E-state index in [2.05, 4.69) is 5.92 Å². The van der Waals surface area contributed by atoms with Gasteiger partial charge in [0.1, 0.15) is 16.7 Å². The van der Waals surface area contributed by atoms with E-state index in [1.807, 2.05) is 0 Å². The molecule has 0 fully saturated rings. The molecule has 3 heterocycles. The maximum atomic E-state index is 14.9. The normalized spacial score (nSPS) is 18.5. The van der Waals surface area contributed by atoms with E-state index in [9.17, 15) is 14.0 Å². The van der Waals surface area contributed by atoms with E-state index in [1.165, 1.54) is 21.7 Å². The van der Waals surface area contributed by atoms with E-state index < -0.39 is 11.9 Å². The van der Waals surface area contributed by atoms with Crippen LogP contribution in [0.25, 0.3) is 11.1 Å². The number of rotatable bonds is 2. The van der Waals surface area contributed by atoms with Gasteiger partial charge in [0.25, 0.3) is 11.5 Å². The molecular formula is C19H17ClFN3O3. The number of carbonyl (C=O) groups is 1. The molecule has 0 bridgehead atoms. The molecular weight excluding hydrogens is 373 g/mol. The molecule has 0 aliphatic carbocycles. The van der Waals surface area contributed by atoms with Crippen molar-refractivity contribution in [2.45, 2.75) is 39.0 Å². The van der Waals surface area contributed by atoms with Crippen LogP contribution in [0.4, 0.5) is 10.1 Å². The molecule has 140 valence electrons. The highest BCUT2D eigenvalue weighted by molar-refractivity contribution is 6.32. The van der Waals surface area contributed by atoms with Gasteiger partial charge in [-0.2, -0.15) is 0 Å². The zero-order valence-corrected chi connectivity index (χ0v) is 15.4. The van der Waals surface area contributed by atoms with Gasteiger partial charge in [-0.25, -0.2) is 9.07 Å². The number of hydrogen-bond acceptors (Lipinski definition) is 3. The molecule has 0 radical (unpaired) electrons. The Hall–Kier alpha value is -2.72. The third-order valence-corrected chi connectivity index (χ3v) is 5.32. The molecule has 0 spiro atoms. The van der Waals surface area contributed by atoms with E-state index in [4.69, 9.17) is 22.8 Å². The molecule has 4 rings (SSSR count). The number of carbonyl (C=O) groups excluding carboxylic acids is 1. The number of terminal acetylenes is 1. The highest BCUT2D eigenvalue weighted by Crippen LogP contribution is 2.40. The second-order valence-corrected chi connectivity index (χ2v) is 6.97. The molecule has 1 aromatic heterocycles. The van der Waals surface area contributed by atoms with Gasteiger partial charge in [0, 0.05) is 24.7 Å². The summed E-state index contributed by atoms with van der Waals surface area (Å²) in [5.74, 6) is 1.67. The lowest BCUT2D eigenvalue weighted by Crippen LogP contribution is -2.44. The Balaban J connectivity index is 1.92. The number of amides is 1. The maximum Gasteiger partial charge on any atom is 0.276 e. The zero-order chi connectivity index (χ0) is 19.3. The Bertz CT molecular complexity index is 1050. The molecule has 1 amide bonds. The molecule has 0 saturated heterocycles. The molecule has 1 aromatic carbocycles. The topological polar surface area (TPSA) is 56.5 Å². The average Bonchev–Trinajstić information content (AvgIpc) is 2.90. The fraction of sp³-hybridized carbons (Fsp3) is 0.368. The molecule has 2 aromatic rings. The van der Waals surface area contributed by atoms with Crippen molar-refractivity contribution in [3.63, 3.8) is 0 Å². The van der Waals surface area contributed by atoms with Gasteiger partial charge in [-0.05, 0) is 25.8 Å². The van der Waals surface area contributed by atoms with Crippen LogP contribution in [0.5, 0.6) is 5.75 Å². The van der Waals surface area contributed by atoms with Gasteiger partial charge in [0.15, 0.2) is 6.10 Å². The van der Waals surface area contributed by atoms with Crippen LogP contribution in [0.15, 0.2) is 16.9 Å². The quantitative estimate of drug-likeness (QED) is 0.742. The summed E-state index contributed by atoms with van der Waals surface area (Å²) in [5.41, 5.74) is 0.104. The number of halogens is 2. The average molecular weight is 390 g/mol. The standard InChI is InChI=1S/C19H17ClFN3O3/c1-3-6-22-14-9-12(13(21)10-15(14)27-11(2)18(22)25)16-17(20)23-7-4-5-8-24(23)19(16)26/h1,9-11H,4-8H2,2H3/t11-/m0/s1. The van der Waals surface area contributed by atoms with Gasteiger partial charge >= 0.3 is 0 Å². The SMILES string of the molecule is C#CCN1C(=O)[C@H](C)Oc2cc(F)c(-c3c(Cl)n4n(c3=O)CCCC4)cc21. The summed E-state index contributed by atoms with van der Waals surface area (Å²) in [6.45, 7) is 2.73. The van der Waals surface area contributed by atoms with E-state index in [1.54, 1.807) is 11.6 Å². The lowest BCUT2D eigenvalue weighted by atomic mass is 10.0.